The first-order valence-electron chi connectivity index (χ1n) is 5.00. The van der Waals surface area contributed by atoms with Gasteiger partial charge in [0.1, 0.15) is 0 Å². The standard InChI is InChI=1S/C12H12ClN3/c1-9-5-11(12(13)16-6-9)15-8-10-3-2-4-14-7-10/h2-7,15H,8H2,1H3. The van der Waals surface area contributed by atoms with Gasteiger partial charge < -0.3 is 5.32 Å². The highest BCUT2D eigenvalue weighted by Crippen LogP contribution is 2.20. The quantitative estimate of drug-likeness (QED) is 0.828. The molecule has 2 aromatic heterocycles. The van der Waals surface area contributed by atoms with E-state index in [9.17, 15) is 0 Å². The summed E-state index contributed by atoms with van der Waals surface area (Å²) in [6, 6.07) is 5.90. The number of hydrogen-bond donors (Lipinski definition) is 1. The molecular formula is C12H12ClN3. The zero-order valence-corrected chi connectivity index (χ0v) is 9.70. The maximum Gasteiger partial charge on any atom is 0.152 e. The Kier molecular flexibility index (Phi) is 3.37. The summed E-state index contributed by atoms with van der Waals surface area (Å²) in [6.45, 7) is 2.68. The summed E-state index contributed by atoms with van der Waals surface area (Å²) in [7, 11) is 0. The molecule has 0 aromatic carbocycles. The molecule has 0 aliphatic heterocycles. The second-order valence-electron chi connectivity index (χ2n) is 3.57. The second kappa shape index (κ2) is 4.94. The number of halogens is 1. The summed E-state index contributed by atoms with van der Waals surface area (Å²) in [5.41, 5.74) is 3.05. The van der Waals surface area contributed by atoms with Gasteiger partial charge in [0, 0.05) is 25.1 Å². The SMILES string of the molecule is Cc1cnc(Cl)c(NCc2cccnc2)c1. The van der Waals surface area contributed by atoms with E-state index in [2.05, 4.69) is 15.3 Å². The highest BCUT2D eigenvalue weighted by atomic mass is 35.5. The van der Waals surface area contributed by atoms with Crippen LogP contribution in [0.15, 0.2) is 36.8 Å². The van der Waals surface area contributed by atoms with Gasteiger partial charge in [-0.15, -0.1) is 0 Å². The van der Waals surface area contributed by atoms with Crippen LogP contribution < -0.4 is 5.32 Å². The third-order valence-corrected chi connectivity index (χ3v) is 2.48. The normalized spacial score (nSPS) is 10.1. The summed E-state index contributed by atoms with van der Waals surface area (Å²) in [6.07, 6.45) is 5.33. The second-order valence-corrected chi connectivity index (χ2v) is 3.92. The van der Waals surface area contributed by atoms with E-state index >= 15 is 0 Å². The van der Waals surface area contributed by atoms with Gasteiger partial charge >= 0.3 is 0 Å². The molecule has 4 heteroatoms. The van der Waals surface area contributed by atoms with Gasteiger partial charge in [0.15, 0.2) is 5.15 Å². The number of anilines is 1. The molecule has 0 radical (unpaired) electrons. The van der Waals surface area contributed by atoms with Gasteiger partial charge in [0.05, 0.1) is 5.69 Å². The van der Waals surface area contributed by atoms with Crippen LogP contribution in [0, 0.1) is 6.92 Å². The number of rotatable bonds is 3. The van der Waals surface area contributed by atoms with Gasteiger partial charge in [-0.05, 0) is 30.2 Å². The Morgan fingerprint density at radius 2 is 2.25 bits per heavy atom. The molecule has 2 aromatic rings. The van der Waals surface area contributed by atoms with Crippen molar-refractivity contribution >= 4 is 17.3 Å². The van der Waals surface area contributed by atoms with Gasteiger partial charge in [-0.25, -0.2) is 4.98 Å². The number of nitrogens with zero attached hydrogens (tertiary/aromatic N) is 2. The average molecular weight is 234 g/mol. The minimum absolute atomic E-state index is 0.495. The van der Waals surface area contributed by atoms with E-state index in [1.54, 1.807) is 12.4 Å². The van der Waals surface area contributed by atoms with E-state index in [0.29, 0.717) is 11.7 Å². The summed E-state index contributed by atoms with van der Waals surface area (Å²) in [5.74, 6) is 0. The van der Waals surface area contributed by atoms with Crippen LogP contribution in [0.2, 0.25) is 5.15 Å². The Labute approximate surface area is 99.5 Å². The third kappa shape index (κ3) is 2.70. The molecule has 0 saturated heterocycles. The van der Waals surface area contributed by atoms with Crippen LogP contribution in [0.4, 0.5) is 5.69 Å². The van der Waals surface area contributed by atoms with Crippen LogP contribution >= 0.6 is 11.6 Å². The van der Waals surface area contributed by atoms with E-state index in [-0.39, 0.29) is 0 Å². The number of pyridine rings is 2. The van der Waals surface area contributed by atoms with E-state index in [4.69, 9.17) is 11.6 Å². The smallest absolute Gasteiger partial charge is 0.152 e. The lowest BCUT2D eigenvalue weighted by molar-refractivity contribution is 1.10. The van der Waals surface area contributed by atoms with Crippen molar-refractivity contribution in [2.75, 3.05) is 5.32 Å². The highest BCUT2D eigenvalue weighted by Gasteiger charge is 2.01. The van der Waals surface area contributed by atoms with Crippen LogP contribution in [-0.4, -0.2) is 9.97 Å². The van der Waals surface area contributed by atoms with Crippen molar-refractivity contribution in [3.05, 3.63) is 53.1 Å². The monoisotopic (exact) mass is 233 g/mol. The Hall–Kier alpha value is -1.61. The first-order valence-corrected chi connectivity index (χ1v) is 5.38. The lowest BCUT2D eigenvalue weighted by Crippen LogP contribution is -2.01. The van der Waals surface area contributed by atoms with Crippen molar-refractivity contribution in [1.29, 1.82) is 0 Å². The molecule has 0 aliphatic rings. The molecule has 0 atom stereocenters. The summed E-state index contributed by atoms with van der Waals surface area (Å²) in [5, 5.41) is 3.73. The number of aromatic nitrogens is 2. The van der Waals surface area contributed by atoms with Crippen LogP contribution in [-0.2, 0) is 6.54 Å². The Bertz CT molecular complexity index is 471. The van der Waals surface area contributed by atoms with Crippen molar-refractivity contribution in [2.45, 2.75) is 13.5 Å². The molecule has 0 amide bonds. The van der Waals surface area contributed by atoms with Gasteiger partial charge in [-0.1, -0.05) is 17.7 Å². The Balaban J connectivity index is 2.08. The van der Waals surface area contributed by atoms with E-state index in [1.165, 1.54) is 0 Å². The van der Waals surface area contributed by atoms with E-state index in [0.717, 1.165) is 16.8 Å². The van der Waals surface area contributed by atoms with Crippen molar-refractivity contribution in [3.63, 3.8) is 0 Å². The van der Waals surface area contributed by atoms with Gasteiger partial charge in [-0.2, -0.15) is 0 Å². The van der Waals surface area contributed by atoms with Gasteiger partial charge in [0.25, 0.3) is 0 Å². The Morgan fingerprint density at radius 1 is 1.38 bits per heavy atom. The molecule has 0 spiro atoms. The van der Waals surface area contributed by atoms with Gasteiger partial charge in [0.2, 0.25) is 0 Å². The molecule has 0 unspecified atom stereocenters. The molecule has 16 heavy (non-hydrogen) atoms. The molecule has 2 heterocycles. The third-order valence-electron chi connectivity index (χ3n) is 2.18. The maximum absolute atomic E-state index is 5.97. The van der Waals surface area contributed by atoms with Gasteiger partial charge in [-0.3, -0.25) is 4.98 Å². The van der Waals surface area contributed by atoms with Crippen molar-refractivity contribution in [3.8, 4) is 0 Å². The molecule has 82 valence electrons. The highest BCUT2D eigenvalue weighted by molar-refractivity contribution is 6.31. The largest absolute Gasteiger partial charge is 0.378 e. The maximum atomic E-state index is 5.97. The topological polar surface area (TPSA) is 37.8 Å². The lowest BCUT2D eigenvalue weighted by atomic mass is 10.2. The predicted octanol–water partition coefficient (Wildman–Crippen LogP) is 3.05. The average Bonchev–Trinajstić information content (AvgIpc) is 2.32. The van der Waals surface area contributed by atoms with Crippen molar-refractivity contribution in [1.82, 2.24) is 9.97 Å². The molecular weight excluding hydrogens is 222 g/mol. The first kappa shape index (κ1) is 10.9. The predicted molar refractivity (Wildman–Crippen MR) is 65.5 cm³/mol. The number of aryl methyl sites for hydroxylation is 1. The van der Waals surface area contributed by atoms with Crippen LogP contribution in [0.25, 0.3) is 0 Å². The zero-order chi connectivity index (χ0) is 11.4. The lowest BCUT2D eigenvalue weighted by Gasteiger charge is -2.08. The molecule has 1 N–H and O–H groups in total. The zero-order valence-electron chi connectivity index (χ0n) is 8.94. The van der Waals surface area contributed by atoms with Crippen LogP contribution in [0.1, 0.15) is 11.1 Å². The fraction of sp³-hybridized carbons (Fsp3) is 0.167. The molecule has 0 bridgehead atoms. The van der Waals surface area contributed by atoms with Crippen LogP contribution in [0.5, 0.6) is 0 Å². The molecule has 0 fully saturated rings. The molecule has 0 aliphatic carbocycles. The minimum atomic E-state index is 0.495. The molecule has 0 saturated carbocycles. The minimum Gasteiger partial charge on any atom is -0.378 e. The Morgan fingerprint density at radius 3 is 3.00 bits per heavy atom. The van der Waals surface area contributed by atoms with E-state index in [1.807, 2.05) is 31.3 Å². The van der Waals surface area contributed by atoms with Crippen molar-refractivity contribution in [2.24, 2.45) is 0 Å². The fourth-order valence-electron chi connectivity index (χ4n) is 1.38. The van der Waals surface area contributed by atoms with E-state index < -0.39 is 0 Å². The molecule has 2 rings (SSSR count). The fourth-order valence-corrected chi connectivity index (χ4v) is 1.55. The summed E-state index contributed by atoms with van der Waals surface area (Å²) < 4.78 is 0. The van der Waals surface area contributed by atoms with Crippen LogP contribution in [0.3, 0.4) is 0 Å². The first-order chi connectivity index (χ1) is 7.75. The number of nitrogens with one attached hydrogen (secondary N) is 1. The number of hydrogen-bond acceptors (Lipinski definition) is 3. The summed E-state index contributed by atoms with van der Waals surface area (Å²) >= 11 is 5.97. The summed E-state index contributed by atoms with van der Waals surface area (Å²) in [4.78, 5) is 8.13. The van der Waals surface area contributed by atoms with Crippen molar-refractivity contribution < 1.29 is 0 Å². The molecule has 3 nitrogen and oxygen atoms in total.